The Labute approximate surface area is 153 Å². The van der Waals surface area contributed by atoms with Crippen LogP contribution >= 0.6 is 0 Å². The van der Waals surface area contributed by atoms with Crippen molar-refractivity contribution >= 4 is 11.6 Å². The third kappa shape index (κ3) is 4.39. The van der Waals surface area contributed by atoms with Crippen LogP contribution in [0.5, 0.6) is 5.75 Å². The van der Waals surface area contributed by atoms with Gasteiger partial charge in [0.2, 0.25) is 5.91 Å². The van der Waals surface area contributed by atoms with Gasteiger partial charge in [-0.2, -0.15) is 11.1 Å². The highest BCUT2D eigenvalue weighted by molar-refractivity contribution is 5.94. The van der Waals surface area contributed by atoms with Gasteiger partial charge < -0.3 is 10.1 Å². The van der Waals surface area contributed by atoms with Crippen LogP contribution in [0, 0.1) is 5.92 Å². The average molecular weight is 355 g/mol. The molecular formula is C19H25N5O2. The molecule has 0 saturated carbocycles. The van der Waals surface area contributed by atoms with Crippen LogP contribution in [0.25, 0.3) is 0 Å². The first kappa shape index (κ1) is 18.3. The van der Waals surface area contributed by atoms with Gasteiger partial charge in [-0.3, -0.25) is 4.79 Å². The number of para-hydroxylation sites is 1. The number of methoxy groups -OCH3 is 1. The van der Waals surface area contributed by atoms with Gasteiger partial charge in [-0.1, -0.05) is 37.3 Å². The third-order valence-electron chi connectivity index (χ3n) is 4.50. The maximum Gasteiger partial charge on any atom is 0.230 e. The highest BCUT2D eigenvalue weighted by Gasteiger charge is 2.31. The number of carbonyl (C=O) groups excluding carboxylic acids is 1. The molecule has 1 aliphatic rings. The molecule has 2 aromatic rings. The van der Waals surface area contributed by atoms with Gasteiger partial charge >= 0.3 is 0 Å². The average Bonchev–Trinajstić information content (AvgIpc) is 3.21. The highest BCUT2D eigenvalue weighted by atomic mass is 16.5. The fourth-order valence-corrected chi connectivity index (χ4v) is 3.06. The molecule has 5 N–H and O–H groups in total. The van der Waals surface area contributed by atoms with E-state index < -0.39 is 0 Å². The standard InChI is InChI=1S/C19H25N5O2/c1-3-14-8-4-5-10-17(14)20-19(25)16(18-21-23-24-22-18)12-13-7-6-9-15(11-13)26-2/h4-11,16,18,21-24H,3,12H2,1-2H3,(H,20,25). The van der Waals surface area contributed by atoms with Crippen molar-refractivity contribution in [3.8, 4) is 5.75 Å². The predicted molar refractivity (Wildman–Crippen MR) is 101 cm³/mol. The van der Waals surface area contributed by atoms with Crippen LogP contribution < -0.4 is 32.0 Å². The van der Waals surface area contributed by atoms with Gasteiger partial charge in [0, 0.05) is 5.69 Å². The van der Waals surface area contributed by atoms with Crippen LogP contribution in [0.4, 0.5) is 5.69 Å². The second-order valence-corrected chi connectivity index (χ2v) is 6.18. The molecule has 7 nitrogen and oxygen atoms in total. The van der Waals surface area contributed by atoms with Gasteiger partial charge in [-0.25, -0.2) is 10.9 Å². The molecule has 0 aromatic heterocycles. The van der Waals surface area contributed by atoms with E-state index in [1.807, 2.05) is 48.5 Å². The molecule has 138 valence electrons. The van der Waals surface area contributed by atoms with E-state index in [1.54, 1.807) is 7.11 Å². The first-order valence-corrected chi connectivity index (χ1v) is 8.74. The number of amides is 1. The molecule has 1 fully saturated rings. The van der Waals surface area contributed by atoms with Crippen LogP contribution in [0.2, 0.25) is 0 Å². The van der Waals surface area contributed by atoms with E-state index in [0.29, 0.717) is 6.42 Å². The lowest BCUT2D eigenvalue weighted by atomic mass is 9.95. The third-order valence-corrected chi connectivity index (χ3v) is 4.50. The number of carbonyl (C=O) groups is 1. The second-order valence-electron chi connectivity index (χ2n) is 6.18. The lowest BCUT2D eigenvalue weighted by Crippen LogP contribution is -2.47. The van der Waals surface area contributed by atoms with E-state index in [-0.39, 0.29) is 18.0 Å². The summed E-state index contributed by atoms with van der Waals surface area (Å²) in [5.74, 6) is 0.389. The molecule has 1 amide bonds. The number of hydrogen-bond acceptors (Lipinski definition) is 6. The van der Waals surface area contributed by atoms with E-state index >= 15 is 0 Å². The van der Waals surface area contributed by atoms with Gasteiger partial charge in [0.1, 0.15) is 5.75 Å². The molecule has 1 aliphatic heterocycles. The highest BCUT2D eigenvalue weighted by Crippen LogP contribution is 2.21. The SMILES string of the molecule is CCc1ccccc1NC(=O)C(Cc1cccc(OC)c1)C1NNNN1. The Bertz CT molecular complexity index is 746. The van der Waals surface area contributed by atoms with Gasteiger partial charge in [0.25, 0.3) is 0 Å². The maximum atomic E-state index is 13.0. The van der Waals surface area contributed by atoms with E-state index in [1.165, 1.54) is 0 Å². The minimum absolute atomic E-state index is 0.0516. The fourth-order valence-electron chi connectivity index (χ4n) is 3.06. The van der Waals surface area contributed by atoms with E-state index in [9.17, 15) is 4.79 Å². The number of benzene rings is 2. The Kier molecular flexibility index (Phi) is 6.19. The smallest absolute Gasteiger partial charge is 0.230 e. The van der Waals surface area contributed by atoms with E-state index in [0.717, 1.165) is 29.0 Å². The van der Waals surface area contributed by atoms with Crippen molar-refractivity contribution in [1.82, 2.24) is 21.9 Å². The molecule has 0 spiro atoms. The Morgan fingerprint density at radius 3 is 2.65 bits per heavy atom. The topological polar surface area (TPSA) is 86.5 Å². The predicted octanol–water partition coefficient (Wildman–Crippen LogP) is 1.50. The summed E-state index contributed by atoms with van der Waals surface area (Å²) in [5.41, 5.74) is 14.6. The van der Waals surface area contributed by atoms with E-state index in [4.69, 9.17) is 4.74 Å². The summed E-state index contributed by atoms with van der Waals surface area (Å²) in [7, 11) is 1.64. The molecule has 0 radical (unpaired) electrons. The fraction of sp³-hybridized carbons (Fsp3) is 0.316. The van der Waals surface area contributed by atoms with Crippen LogP contribution in [0.1, 0.15) is 18.1 Å². The van der Waals surface area contributed by atoms with Crippen LogP contribution in [-0.2, 0) is 17.6 Å². The van der Waals surface area contributed by atoms with Gasteiger partial charge in [0.15, 0.2) is 0 Å². The summed E-state index contributed by atoms with van der Waals surface area (Å²) in [4.78, 5) is 13.0. The summed E-state index contributed by atoms with van der Waals surface area (Å²) < 4.78 is 5.29. The summed E-state index contributed by atoms with van der Waals surface area (Å²) in [6, 6.07) is 15.7. The minimum atomic E-state index is -0.338. The summed E-state index contributed by atoms with van der Waals surface area (Å²) in [6.45, 7) is 2.08. The number of ether oxygens (including phenoxy) is 1. The van der Waals surface area contributed by atoms with E-state index in [2.05, 4.69) is 34.2 Å². The normalized spacial score (nSPS) is 15.6. The largest absolute Gasteiger partial charge is 0.497 e. The van der Waals surface area contributed by atoms with Gasteiger partial charge in [-0.05, 0) is 42.2 Å². The number of anilines is 1. The molecule has 1 atom stereocenters. The number of hydrazine groups is 3. The number of nitrogens with one attached hydrogen (secondary N) is 5. The Hall–Kier alpha value is -2.45. The van der Waals surface area contributed by atoms with Gasteiger partial charge in [0.05, 0.1) is 19.2 Å². The Morgan fingerprint density at radius 2 is 1.92 bits per heavy atom. The number of hydrogen-bond donors (Lipinski definition) is 5. The van der Waals surface area contributed by atoms with Gasteiger partial charge in [-0.15, -0.1) is 0 Å². The second kappa shape index (κ2) is 8.77. The van der Waals surface area contributed by atoms with Crippen molar-refractivity contribution in [3.05, 3.63) is 59.7 Å². The zero-order valence-electron chi connectivity index (χ0n) is 15.0. The molecule has 2 aromatic carbocycles. The molecule has 1 unspecified atom stereocenters. The first-order chi connectivity index (χ1) is 12.7. The molecule has 7 heteroatoms. The zero-order chi connectivity index (χ0) is 18.4. The molecule has 1 heterocycles. The monoisotopic (exact) mass is 355 g/mol. The summed E-state index contributed by atoms with van der Waals surface area (Å²) >= 11 is 0. The Balaban J connectivity index is 1.79. The van der Waals surface area contributed by atoms with Crippen molar-refractivity contribution in [3.63, 3.8) is 0 Å². The lowest BCUT2D eigenvalue weighted by Gasteiger charge is -2.23. The van der Waals surface area contributed by atoms with Crippen molar-refractivity contribution in [1.29, 1.82) is 0 Å². The number of rotatable bonds is 7. The van der Waals surface area contributed by atoms with Crippen LogP contribution in [0.15, 0.2) is 48.5 Å². The Morgan fingerprint density at radius 1 is 1.15 bits per heavy atom. The summed E-state index contributed by atoms with van der Waals surface area (Å²) in [5, 5.41) is 3.08. The quantitative estimate of drug-likeness (QED) is 0.517. The molecule has 3 rings (SSSR count). The number of aryl methyl sites for hydroxylation is 1. The molecular weight excluding hydrogens is 330 g/mol. The summed E-state index contributed by atoms with van der Waals surface area (Å²) in [6.07, 6.45) is 1.17. The molecule has 0 aliphatic carbocycles. The molecule has 1 saturated heterocycles. The molecule has 26 heavy (non-hydrogen) atoms. The van der Waals surface area contributed by atoms with Crippen molar-refractivity contribution in [2.75, 3.05) is 12.4 Å². The minimum Gasteiger partial charge on any atom is -0.497 e. The first-order valence-electron chi connectivity index (χ1n) is 8.74. The van der Waals surface area contributed by atoms with Crippen molar-refractivity contribution in [2.45, 2.75) is 25.9 Å². The van der Waals surface area contributed by atoms with Crippen LogP contribution in [-0.4, -0.2) is 19.2 Å². The maximum absolute atomic E-state index is 13.0. The van der Waals surface area contributed by atoms with Crippen molar-refractivity contribution < 1.29 is 9.53 Å². The lowest BCUT2D eigenvalue weighted by molar-refractivity contribution is -0.120. The zero-order valence-corrected chi connectivity index (χ0v) is 15.0. The van der Waals surface area contributed by atoms with Crippen LogP contribution in [0.3, 0.4) is 0 Å². The molecule has 0 bridgehead atoms. The van der Waals surface area contributed by atoms with Crippen molar-refractivity contribution in [2.24, 2.45) is 5.92 Å².